The van der Waals surface area contributed by atoms with Crippen molar-refractivity contribution in [1.82, 2.24) is 0 Å². The predicted octanol–water partition coefficient (Wildman–Crippen LogP) is 2.08. The molecule has 4 rings (SSSR count). The van der Waals surface area contributed by atoms with Gasteiger partial charge in [-0.25, -0.2) is 0 Å². The van der Waals surface area contributed by atoms with Gasteiger partial charge in [-0.05, 0) is 18.2 Å². The molecule has 3 aliphatic rings. The van der Waals surface area contributed by atoms with E-state index in [1.807, 2.05) is 0 Å². The minimum absolute atomic E-state index is 0.00852. The first-order valence-corrected chi connectivity index (χ1v) is 7.32. The number of carbonyl (C=O) groups is 2. The van der Waals surface area contributed by atoms with Crippen LogP contribution in [0.5, 0.6) is 0 Å². The maximum absolute atomic E-state index is 12.9. The average molecular weight is 339 g/mol. The number of aliphatic carboxylic acids is 1. The zero-order valence-corrected chi connectivity index (χ0v) is 12.2. The summed E-state index contributed by atoms with van der Waals surface area (Å²) in [5, 5.41) is 9.37. The summed E-state index contributed by atoms with van der Waals surface area (Å²) in [5.41, 5.74) is -1.85. The molecule has 0 unspecified atom stereocenters. The lowest BCUT2D eigenvalue weighted by Crippen LogP contribution is -2.39. The predicted molar refractivity (Wildman–Crippen MR) is 75.2 cm³/mol. The summed E-state index contributed by atoms with van der Waals surface area (Å²) in [7, 11) is 0. The van der Waals surface area contributed by atoms with Crippen molar-refractivity contribution >= 4 is 17.6 Å². The van der Waals surface area contributed by atoms with E-state index in [4.69, 9.17) is 4.74 Å². The van der Waals surface area contributed by atoms with Crippen LogP contribution in [0.4, 0.5) is 18.9 Å². The van der Waals surface area contributed by atoms with Gasteiger partial charge in [0.15, 0.2) is 0 Å². The van der Waals surface area contributed by atoms with Crippen LogP contribution in [-0.2, 0) is 20.5 Å². The summed E-state index contributed by atoms with van der Waals surface area (Å²) in [6.45, 7) is 0.00852. The number of hydrogen-bond acceptors (Lipinski definition) is 3. The normalized spacial score (nSPS) is 34.0. The molecule has 24 heavy (non-hydrogen) atoms. The highest BCUT2D eigenvalue weighted by molar-refractivity contribution is 6.02. The second-order valence-corrected chi connectivity index (χ2v) is 6.21. The number of fused-ring (bicyclic) bond motifs is 1. The number of benzene rings is 1. The van der Waals surface area contributed by atoms with E-state index in [2.05, 4.69) is 0 Å². The van der Waals surface area contributed by atoms with Crippen LogP contribution in [-0.4, -0.2) is 35.2 Å². The first kappa shape index (κ1) is 15.2. The zero-order valence-electron chi connectivity index (χ0n) is 12.2. The standard InChI is InChI=1S/C16H12F3NO4/c17-16(18,19)8-2-1-3-9(6-8)20-7-15-5-4-10(24-15)11(14(22)23)12(15)13(20)21/h1-6,10-12H,7H2,(H,22,23)/t10-,11+,12+,15+/m0/s1. The summed E-state index contributed by atoms with van der Waals surface area (Å²) in [5.74, 6) is -3.60. The smallest absolute Gasteiger partial charge is 0.416 e. The maximum atomic E-state index is 12.9. The van der Waals surface area contributed by atoms with Gasteiger partial charge in [0.1, 0.15) is 11.5 Å². The lowest BCUT2D eigenvalue weighted by Gasteiger charge is -2.22. The number of hydrogen-bond donors (Lipinski definition) is 1. The Morgan fingerprint density at radius 3 is 2.79 bits per heavy atom. The maximum Gasteiger partial charge on any atom is 0.416 e. The van der Waals surface area contributed by atoms with Crippen molar-refractivity contribution in [3.05, 3.63) is 42.0 Å². The summed E-state index contributed by atoms with van der Waals surface area (Å²) in [6, 6.07) is 4.43. The molecule has 0 aromatic heterocycles. The van der Waals surface area contributed by atoms with Crippen LogP contribution in [0.25, 0.3) is 0 Å². The molecule has 2 bridgehead atoms. The number of carboxylic acids is 1. The average Bonchev–Trinajstić information content (AvgIpc) is 3.15. The van der Waals surface area contributed by atoms with Crippen molar-refractivity contribution in [2.45, 2.75) is 17.9 Å². The number of halogens is 3. The number of rotatable bonds is 2. The molecule has 1 aromatic carbocycles. The van der Waals surface area contributed by atoms with Crippen molar-refractivity contribution < 1.29 is 32.6 Å². The highest BCUT2D eigenvalue weighted by Crippen LogP contribution is 2.52. The summed E-state index contributed by atoms with van der Waals surface area (Å²) in [6.07, 6.45) is -1.92. The quantitative estimate of drug-likeness (QED) is 0.838. The van der Waals surface area contributed by atoms with Crippen LogP contribution < -0.4 is 4.90 Å². The van der Waals surface area contributed by atoms with E-state index >= 15 is 0 Å². The van der Waals surface area contributed by atoms with Gasteiger partial charge < -0.3 is 14.7 Å². The fourth-order valence-electron chi connectivity index (χ4n) is 3.85. The van der Waals surface area contributed by atoms with E-state index in [1.165, 1.54) is 17.0 Å². The Morgan fingerprint density at radius 1 is 1.38 bits per heavy atom. The molecule has 2 fully saturated rings. The molecule has 1 spiro atoms. The van der Waals surface area contributed by atoms with Crippen LogP contribution in [0.3, 0.4) is 0 Å². The van der Waals surface area contributed by atoms with Gasteiger partial charge in [-0.15, -0.1) is 0 Å². The Balaban J connectivity index is 1.72. The first-order valence-electron chi connectivity index (χ1n) is 7.32. The van der Waals surface area contributed by atoms with Crippen molar-refractivity contribution in [3.63, 3.8) is 0 Å². The Hall–Kier alpha value is -2.35. The van der Waals surface area contributed by atoms with Crippen molar-refractivity contribution in [1.29, 1.82) is 0 Å². The summed E-state index contributed by atoms with van der Waals surface area (Å²) >= 11 is 0. The second-order valence-electron chi connectivity index (χ2n) is 6.21. The molecule has 1 N–H and O–H groups in total. The van der Waals surface area contributed by atoms with E-state index in [0.717, 1.165) is 12.1 Å². The van der Waals surface area contributed by atoms with Gasteiger partial charge in [0.25, 0.3) is 0 Å². The molecule has 3 heterocycles. The molecule has 2 saturated heterocycles. The van der Waals surface area contributed by atoms with Crippen LogP contribution in [0.15, 0.2) is 36.4 Å². The van der Waals surface area contributed by atoms with Gasteiger partial charge in [-0.3, -0.25) is 9.59 Å². The zero-order chi connectivity index (χ0) is 17.3. The van der Waals surface area contributed by atoms with E-state index in [1.54, 1.807) is 12.2 Å². The summed E-state index contributed by atoms with van der Waals surface area (Å²) in [4.78, 5) is 25.4. The molecule has 4 atom stereocenters. The van der Waals surface area contributed by atoms with E-state index in [9.17, 15) is 27.9 Å². The molecule has 1 amide bonds. The number of amides is 1. The van der Waals surface area contributed by atoms with Crippen molar-refractivity contribution in [2.24, 2.45) is 11.8 Å². The van der Waals surface area contributed by atoms with Crippen LogP contribution in [0.2, 0.25) is 0 Å². The van der Waals surface area contributed by atoms with E-state index in [-0.39, 0.29) is 12.2 Å². The Morgan fingerprint density at radius 2 is 2.12 bits per heavy atom. The Bertz CT molecular complexity index is 775. The molecular weight excluding hydrogens is 327 g/mol. The Kier molecular flexibility index (Phi) is 2.91. The van der Waals surface area contributed by atoms with Crippen molar-refractivity contribution in [2.75, 3.05) is 11.4 Å². The van der Waals surface area contributed by atoms with Crippen LogP contribution in [0.1, 0.15) is 5.56 Å². The van der Waals surface area contributed by atoms with Crippen LogP contribution in [0, 0.1) is 11.8 Å². The van der Waals surface area contributed by atoms with Gasteiger partial charge in [-0.2, -0.15) is 13.2 Å². The molecule has 8 heteroatoms. The largest absolute Gasteiger partial charge is 0.481 e. The van der Waals surface area contributed by atoms with Gasteiger partial charge in [0.05, 0.1) is 24.1 Å². The highest BCUT2D eigenvalue weighted by Gasteiger charge is 2.67. The molecule has 0 saturated carbocycles. The molecule has 1 aromatic rings. The number of carboxylic acid groups (broad SMARTS) is 1. The van der Waals surface area contributed by atoms with Gasteiger partial charge in [-0.1, -0.05) is 18.2 Å². The minimum Gasteiger partial charge on any atom is -0.481 e. The van der Waals surface area contributed by atoms with E-state index in [0.29, 0.717) is 0 Å². The Labute approximate surface area is 134 Å². The first-order chi connectivity index (χ1) is 11.2. The monoisotopic (exact) mass is 339 g/mol. The van der Waals surface area contributed by atoms with Gasteiger partial charge in [0.2, 0.25) is 5.91 Å². The SMILES string of the molecule is O=C(O)[C@@H]1[C@@H]2C=C[C@]3(CN(c4cccc(C(F)(F)F)c4)C(=O)[C@@H]13)O2. The van der Waals surface area contributed by atoms with Crippen molar-refractivity contribution in [3.8, 4) is 0 Å². The molecule has 0 aliphatic carbocycles. The lowest BCUT2D eigenvalue weighted by molar-refractivity contribution is -0.146. The van der Waals surface area contributed by atoms with Crippen LogP contribution >= 0.6 is 0 Å². The molecule has 3 aliphatic heterocycles. The third-order valence-corrected chi connectivity index (χ3v) is 4.87. The van der Waals surface area contributed by atoms with Gasteiger partial charge in [0, 0.05) is 5.69 Å². The second kappa shape index (κ2) is 4.60. The van der Waals surface area contributed by atoms with Gasteiger partial charge >= 0.3 is 12.1 Å². The summed E-state index contributed by atoms with van der Waals surface area (Å²) < 4.78 is 44.3. The lowest BCUT2D eigenvalue weighted by atomic mass is 9.77. The molecule has 126 valence electrons. The molecule has 0 radical (unpaired) electrons. The number of ether oxygens (including phenoxy) is 1. The number of anilines is 1. The minimum atomic E-state index is -4.52. The molecule has 5 nitrogen and oxygen atoms in total. The topological polar surface area (TPSA) is 66.8 Å². The third-order valence-electron chi connectivity index (χ3n) is 4.87. The highest BCUT2D eigenvalue weighted by atomic mass is 19.4. The number of alkyl halides is 3. The van der Waals surface area contributed by atoms with E-state index < -0.39 is 47.2 Å². The fraction of sp³-hybridized carbons (Fsp3) is 0.375. The molecular formula is C16H12F3NO4. The number of carbonyl (C=O) groups excluding carboxylic acids is 1. The fourth-order valence-corrected chi connectivity index (χ4v) is 3.85. The third kappa shape index (κ3) is 1.92. The number of nitrogens with zero attached hydrogens (tertiary/aromatic N) is 1.